The van der Waals surface area contributed by atoms with Crippen LogP contribution in [0.2, 0.25) is 10.0 Å². The van der Waals surface area contributed by atoms with Gasteiger partial charge in [-0.2, -0.15) is 5.26 Å². The van der Waals surface area contributed by atoms with Gasteiger partial charge in [-0.05, 0) is 44.0 Å². The lowest BCUT2D eigenvalue weighted by Crippen LogP contribution is -2.36. The summed E-state index contributed by atoms with van der Waals surface area (Å²) in [6.07, 6.45) is 15.8. The molecule has 7 nitrogen and oxygen atoms in total. The van der Waals surface area contributed by atoms with E-state index in [1.165, 1.54) is 58.6 Å². The minimum absolute atomic E-state index is 0.384. The maximum absolute atomic E-state index is 9.80. The van der Waals surface area contributed by atoms with E-state index in [1.807, 2.05) is 12.1 Å². The van der Waals surface area contributed by atoms with E-state index in [4.69, 9.17) is 37.4 Å². The van der Waals surface area contributed by atoms with Gasteiger partial charge in [-0.1, -0.05) is 67.5 Å². The summed E-state index contributed by atoms with van der Waals surface area (Å²) in [6.45, 7) is 5.16. The van der Waals surface area contributed by atoms with Crippen LogP contribution in [0.1, 0.15) is 62.5 Å². The number of halogens is 2. The van der Waals surface area contributed by atoms with E-state index >= 15 is 0 Å². The largest absolute Gasteiger partial charge is 0.496 e. The molecule has 42 heavy (non-hydrogen) atoms. The summed E-state index contributed by atoms with van der Waals surface area (Å²) in [5.74, 6) is 1.18. The molecule has 0 atom stereocenters. The molecular weight excluding hydrogens is 571 g/mol. The molecule has 1 aromatic heterocycles. The normalized spacial score (nSPS) is 13.9. The summed E-state index contributed by atoms with van der Waals surface area (Å²) in [6, 6.07) is 9.43. The van der Waals surface area contributed by atoms with E-state index in [9.17, 15) is 5.26 Å². The Morgan fingerprint density at radius 1 is 0.952 bits per heavy atom. The van der Waals surface area contributed by atoms with Crippen molar-refractivity contribution in [3.05, 3.63) is 57.7 Å². The summed E-state index contributed by atoms with van der Waals surface area (Å²) in [4.78, 5) is 7.07. The summed E-state index contributed by atoms with van der Waals surface area (Å²) in [7, 11) is 3.19. The molecule has 1 aliphatic heterocycles. The first kappa shape index (κ1) is 31.9. The van der Waals surface area contributed by atoms with E-state index in [-0.39, 0.29) is 0 Å². The zero-order valence-electron chi connectivity index (χ0n) is 24.6. The zero-order chi connectivity index (χ0) is 29.7. The Balaban J connectivity index is 1.32. The van der Waals surface area contributed by atoms with Crippen LogP contribution in [-0.2, 0) is 4.74 Å². The number of ether oxygens (including phenoxy) is 3. The van der Waals surface area contributed by atoms with Crippen LogP contribution in [0, 0.1) is 11.3 Å². The van der Waals surface area contributed by atoms with Gasteiger partial charge in [0.05, 0.1) is 59.9 Å². The number of nitrogens with one attached hydrogen (secondary N) is 1. The van der Waals surface area contributed by atoms with Crippen molar-refractivity contribution in [1.82, 2.24) is 9.88 Å². The van der Waals surface area contributed by atoms with Crippen molar-refractivity contribution in [3.8, 4) is 17.6 Å². The van der Waals surface area contributed by atoms with Crippen molar-refractivity contribution in [2.45, 2.75) is 51.4 Å². The van der Waals surface area contributed by atoms with Gasteiger partial charge in [0.2, 0.25) is 0 Å². The number of nitrogens with zero attached hydrogens (tertiary/aromatic N) is 3. The molecule has 1 fully saturated rings. The Labute approximate surface area is 259 Å². The molecule has 2 heterocycles. The van der Waals surface area contributed by atoms with Crippen molar-refractivity contribution in [2.75, 3.05) is 52.4 Å². The quantitative estimate of drug-likeness (QED) is 0.172. The number of morpholine rings is 1. The van der Waals surface area contributed by atoms with E-state index in [2.05, 4.69) is 33.4 Å². The summed E-state index contributed by atoms with van der Waals surface area (Å²) in [5.41, 5.74) is 3.22. The van der Waals surface area contributed by atoms with Crippen molar-refractivity contribution >= 4 is 51.6 Å². The number of nitriles is 1. The van der Waals surface area contributed by atoms with Crippen LogP contribution in [0.4, 0.5) is 11.4 Å². The van der Waals surface area contributed by atoms with Gasteiger partial charge < -0.3 is 19.5 Å². The van der Waals surface area contributed by atoms with E-state index in [0.29, 0.717) is 38.5 Å². The van der Waals surface area contributed by atoms with E-state index in [0.717, 1.165) is 49.2 Å². The molecular formula is C33H40Cl2N4O3. The van der Waals surface area contributed by atoms with Gasteiger partial charge in [-0.25, -0.2) is 0 Å². The topological polar surface area (TPSA) is 79.6 Å². The number of hydrogen-bond donors (Lipinski definition) is 1. The Morgan fingerprint density at radius 3 is 2.38 bits per heavy atom. The number of rotatable bonds is 15. The number of unbranched alkanes of at least 4 members (excludes halogenated alkanes) is 7. The smallest absolute Gasteiger partial charge is 0.139 e. The first-order valence-electron chi connectivity index (χ1n) is 14.7. The second kappa shape index (κ2) is 16.6. The van der Waals surface area contributed by atoms with Gasteiger partial charge in [0.15, 0.2) is 0 Å². The molecule has 0 amide bonds. The summed E-state index contributed by atoms with van der Waals surface area (Å²) < 4.78 is 16.5. The highest BCUT2D eigenvalue weighted by Crippen LogP contribution is 2.39. The average molecular weight is 612 g/mol. The van der Waals surface area contributed by atoms with Gasteiger partial charge >= 0.3 is 0 Å². The number of pyridine rings is 1. The van der Waals surface area contributed by atoms with Crippen molar-refractivity contribution in [3.63, 3.8) is 0 Å². The standard InChI is InChI=1S/C33H40Cl2N4O3/c1-40-31-19-26-29(37-23-25(22-36)33(26)38-30-21-32(41-2)28(35)20-27(30)34)18-24(31)12-10-8-6-4-3-5-7-9-11-13-39-14-16-42-17-15-39/h10,12,18-21,23H,3-9,11,13-17H2,1-2H3,(H,37,38)/b12-10+. The molecule has 0 unspecified atom stereocenters. The lowest BCUT2D eigenvalue weighted by Gasteiger charge is -2.26. The molecule has 224 valence electrons. The maximum Gasteiger partial charge on any atom is 0.139 e. The Kier molecular flexibility index (Phi) is 12.6. The number of aromatic nitrogens is 1. The number of anilines is 2. The Hall–Kier alpha value is -3.02. The molecule has 1 saturated heterocycles. The Bertz CT molecular complexity index is 1400. The fourth-order valence-corrected chi connectivity index (χ4v) is 5.70. The number of methoxy groups -OCH3 is 2. The lowest BCUT2D eigenvalue weighted by atomic mass is 10.0. The fraction of sp³-hybridized carbons (Fsp3) is 0.455. The van der Waals surface area contributed by atoms with Crippen LogP contribution in [0.15, 0.2) is 36.5 Å². The van der Waals surface area contributed by atoms with E-state index < -0.39 is 0 Å². The highest BCUT2D eigenvalue weighted by atomic mass is 35.5. The number of allylic oxidation sites excluding steroid dienone is 1. The van der Waals surface area contributed by atoms with Crippen molar-refractivity contribution in [2.24, 2.45) is 0 Å². The number of fused-ring (bicyclic) bond motifs is 1. The second-order valence-electron chi connectivity index (χ2n) is 10.5. The van der Waals surface area contributed by atoms with Crippen LogP contribution in [-0.4, -0.2) is 57.0 Å². The fourth-order valence-electron chi connectivity index (χ4n) is 5.19. The van der Waals surface area contributed by atoms with Gasteiger partial charge in [0, 0.05) is 36.3 Å². The van der Waals surface area contributed by atoms with Gasteiger partial charge in [-0.15, -0.1) is 0 Å². The molecule has 0 radical (unpaired) electrons. The van der Waals surface area contributed by atoms with Gasteiger partial charge in [0.25, 0.3) is 0 Å². The van der Waals surface area contributed by atoms with E-state index in [1.54, 1.807) is 25.4 Å². The predicted molar refractivity (Wildman–Crippen MR) is 173 cm³/mol. The average Bonchev–Trinajstić information content (AvgIpc) is 3.01. The summed E-state index contributed by atoms with van der Waals surface area (Å²) >= 11 is 12.7. The van der Waals surface area contributed by atoms with Gasteiger partial charge in [0.1, 0.15) is 17.6 Å². The molecule has 3 aromatic rings. The van der Waals surface area contributed by atoms with Crippen LogP contribution in [0.5, 0.6) is 11.5 Å². The molecule has 4 rings (SSSR count). The van der Waals surface area contributed by atoms with Crippen molar-refractivity contribution in [1.29, 1.82) is 5.26 Å². The molecule has 0 aliphatic carbocycles. The van der Waals surface area contributed by atoms with Gasteiger partial charge in [-0.3, -0.25) is 9.88 Å². The van der Waals surface area contributed by atoms with Crippen LogP contribution < -0.4 is 14.8 Å². The third-order valence-corrected chi connectivity index (χ3v) is 8.20. The van der Waals surface area contributed by atoms with Crippen LogP contribution >= 0.6 is 23.2 Å². The zero-order valence-corrected chi connectivity index (χ0v) is 26.1. The summed E-state index contributed by atoms with van der Waals surface area (Å²) in [5, 5.41) is 14.7. The molecule has 0 bridgehead atoms. The molecule has 2 aromatic carbocycles. The van der Waals surface area contributed by atoms with Crippen molar-refractivity contribution < 1.29 is 14.2 Å². The Morgan fingerprint density at radius 2 is 1.67 bits per heavy atom. The minimum Gasteiger partial charge on any atom is -0.496 e. The molecule has 1 N–H and O–H groups in total. The highest BCUT2D eigenvalue weighted by molar-refractivity contribution is 6.37. The molecule has 1 aliphatic rings. The van der Waals surface area contributed by atoms with Crippen LogP contribution in [0.25, 0.3) is 17.0 Å². The first-order chi connectivity index (χ1) is 20.5. The third-order valence-electron chi connectivity index (χ3n) is 7.59. The monoisotopic (exact) mass is 610 g/mol. The molecule has 0 spiro atoms. The predicted octanol–water partition coefficient (Wildman–Crippen LogP) is 8.64. The number of benzene rings is 2. The SMILES string of the molecule is COc1cc(Nc2c(C#N)cnc3cc(/C=C/CCCCCCCCCN4CCOCC4)c(OC)cc23)c(Cl)cc1Cl. The third kappa shape index (κ3) is 8.75. The molecule has 0 saturated carbocycles. The lowest BCUT2D eigenvalue weighted by molar-refractivity contribution is 0.0371. The maximum atomic E-state index is 9.80. The number of hydrogen-bond acceptors (Lipinski definition) is 7. The van der Waals surface area contributed by atoms with Crippen LogP contribution in [0.3, 0.4) is 0 Å². The minimum atomic E-state index is 0.384. The highest BCUT2D eigenvalue weighted by Gasteiger charge is 2.16. The molecule has 9 heteroatoms. The first-order valence-corrected chi connectivity index (χ1v) is 15.5. The second-order valence-corrected chi connectivity index (χ2v) is 11.3.